The third kappa shape index (κ3) is 4.61. The minimum absolute atomic E-state index is 0.0524. The molecule has 0 saturated heterocycles. The van der Waals surface area contributed by atoms with E-state index in [1.807, 2.05) is 24.3 Å². The summed E-state index contributed by atoms with van der Waals surface area (Å²) in [6.45, 7) is 0. The van der Waals surface area contributed by atoms with Crippen LogP contribution in [-0.2, 0) is 4.79 Å². The van der Waals surface area contributed by atoms with Crippen LogP contribution in [0.3, 0.4) is 0 Å². The highest BCUT2D eigenvalue weighted by Crippen LogP contribution is 2.38. The number of hydrogen-bond donors (Lipinski definition) is 1. The van der Waals surface area contributed by atoms with Gasteiger partial charge in [-0.15, -0.1) is 0 Å². The Hall–Kier alpha value is -2.40. The average Bonchev–Trinajstić information content (AvgIpc) is 3.09. The topological polar surface area (TPSA) is 46.5 Å². The molecule has 2 aromatic rings. The van der Waals surface area contributed by atoms with Crippen LogP contribution in [0.5, 0.6) is 5.75 Å². The highest BCUT2D eigenvalue weighted by atomic mass is 79.9. The summed E-state index contributed by atoms with van der Waals surface area (Å²) in [4.78, 5) is 11.8. The summed E-state index contributed by atoms with van der Waals surface area (Å²) in [6, 6.07) is 13.6. The number of hydrogen-bond acceptors (Lipinski definition) is 2. The second-order valence-corrected chi connectivity index (χ2v) is 8.70. The zero-order chi connectivity index (χ0) is 20.4. The molecule has 2 aliphatic rings. The Kier molecular flexibility index (Phi) is 5.86. The molecule has 2 aromatic carbocycles. The first kappa shape index (κ1) is 19.9. The number of carbonyl (C=O) groups is 1. The number of ether oxygens (including phenoxy) is 1. The van der Waals surface area contributed by atoms with Crippen LogP contribution in [0.1, 0.15) is 42.7 Å². The number of allylic oxidation sites excluding steroid dienone is 2. The SMILES string of the molecule is O=C(O)CC(c1ccc(F)cc1)c1ccc(OC2CCC3=CC(Br)CC=C32)cc1. The van der Waals surface area contributed by atoms with E-state index in [2.05, 4.69) is 28.1 Å². The third-order valence-electron chi connectivity index (χ3n) is 5.55. The number of halogens is 2. The van der Waals surface area contributed by atoms with Crippen LogP contribution >= 0.6 is 15.9 Å². The predicted molar refractivity (Wildman–Crippen MR) is 114 cm³/mol. The van der Waals surface area contributed by atoms with E-state index in [9.17, 15) is 14.3 Å². The summed E-state index contributed by atoms with van der Waals surface area (Å²) < 4.78 is 19.5. The minimum Gasteiger partial charge on any atom is -0.486 e. The first-order chi connectivity index (χ1) is 14.0. The second kappa shape index (κ2) is 8.54. The van der Waals surface area contributed by atoms with E-state index in [4.69, 9.17) is 4.74 Å². The number of carboxylic acids is 1. The van der Waals surface area contributed by atoms with Gasteiger partial charge in [0, 0.05) is 10.7 Å². The van der Waals surface area contributed by atoms with Gasteiger partial charge in [-0.25, -0.2) is 4.39 Å². The molecule has 0 radical (unpaired) electrons. The molecule has 0 spiro atoms. The van der Waals surface area contributed by atoms with E-state index in [1.54, 1.807) is 12.1 Å². The van der Waals surface area contributed by atoms with Gasteiger partial charge in [0.15, 0.2) is 0 Å². The summed E-state index contributed by atoms with van der Waals surface area (Å²) in [5, 5.41) is 9.32. The van der Waals surface area contributed by atoms with E-state index in [0.29, 0.717) is 4.83 Å². The van der Waals surface area contributed by atoms with Gasteiger partial charge in [-0.2, -0.15) is 0 Å². The quantitative estimate of drug-likeness (QED) is 0.542. The zero-order valence-corrected chi connectivity index (χ0v) is 17.4. The van der Waals surface area contributed by atoms with E-state index < -0.39 is 5.97 Å². The molecule has 3 atom stereocenters. The van der Waals surface area contributed by atoms with Crippen molar-refractivity contribution in [3.05, 3.63) is 88.8 Å². The number of aliphatic carboxylic acids is 1. The largest absolute Gasteiger partial charge is 0.486 e. The maximum absolute atomic E-state index is 13.3. The van der Waals surface area contributed by atoms with Crippen LogP contribution in [0.15, 0.2) is 71.8 Å². The van der Waals surface area contributed by atoms with E-state index in [-0.39, 0.29) is 24.3 Å². The van der Waals surface area contributed by atoms with Crippen LogP contribution in [0.2, 0.25) is 0 Å². The van der Waals surface area contributed by atoms with Crippen molar-refractivity contribution in [2.75, 3.05) is 0 Å². The van der Waals surface area contributed by atoms with Gasteiger partial charge in [0.25, 0.3) is 0 Å². The molecule has 2 aliphatic carbocycles. The number of benzene rings is 2. The monoisotopic (exact) mass is 456 g/mol. The fourth-order valence-electron chi connectivity index (χ4n) is 4.12. The van der Waals surface area contributed by atoms with Gasteiger partial charge in [0.2, 0.25) is 0 Å². The fraction of sp³-hybridized carbons (Fsp3) is 0.292. The average molecular weight is 457 g/mol. The first-order valence-electron chi connectivity index (χ1n) is 9.78. The Morgan fingerprint density at radius 2 is 1.79 bits per heavy atom. The molecule has 29 heavy (non-hydrogen) atoms. The normalized spacial score (nSPS) is 21.7. The number of rotatable bonds is 6. The maximum atomic E-state index is 13.3. The molecule has 1 saturated carbocycles. The maximum Gasteiger partial charge on any atom is 0.304 e. The molecule has 1 fully saturated rings. The third-order valence-corrected chi connectivity index (χ3v) is 6.19. The lowest BCUT2D eigenvalue weighted by atomic mass is 9.88. The van der Waals surface area contributed by atoms with Crippen LogP contribution < -0.4 is 4.74 Å². The molecule has 3 nitrogen and oxygen atoms in total. The van der Waals surface area contributed by atoms with E-state index in [0.717, 1.165) is 36.1 Å². The minimum atomic E-state index is -0.890. The van der Waals surface area contributed by atoms with Crippen molar-refractivity contribution in [3.8, 4) is 5.75 Å². The van der Waals surface area contributed by atoms with Crippen molar-refractivity contribution in [1.29, 1.82) is 0 Å². The molecule has 5 heteroatoms. The van der Waals surface area contributed by atoms with Gasteiger partial charge < -0.3 is 9.84 Å². The smallest absolute Gasteiger partial charge is 0.304 e. The Balaban J connectivity index is 1.51. The van der Waals surface area contributed by atoms with Gasteiger partial charge in [0.05, 0.1) is 6.42 Å². The molecule has 150 valence electrons. The highest BCUT2D eigenvalue weighted by Gasteiger charge is 2.29. The van der Waals surface area contributed by atoms with Crippen molar-refractivity contribution in [2.45, 2.75) is 42.5 Å². The summed E-state index contributed by atoms with van der Waals surface area (Å²) in [5.41, 5.74) is 4.32. The van der Waals surface area contributed by atoms with Crippen molar-refractivity contribution >= 4 is 21.9 Å². The summed E-state index contributed by atoms with van der Waals surface area (Å²) in [5.74, 6) is -0.783. The Morgan fingerprint density at radius 3 is 2.45 bits per heavy atom. The first-order valence-corrected chi connectivity index (χ1v) is 10.7. The summed E-state index contributed by atoms with van der Waals surface area (Å²) >= 11 is 3.65. The van der Waals surface area contributed by atoms with Crippen molar-refractivity contribution in [2.24, 2.45) is 0 Å². The molecular weight excluding hydrogens is 435 g/mol. The van der Waals surface area contributed by atoms with Crippen LogP contribution in [0, 0.1) is 5.82 Å². The van der Waals surface area contributed by atoms with Crippen LogP contribution in [0.25, 0.3) is 0 Å². The Labute approximate surface area is 178 Å². The predicted octanol–water partition coefficient (Wildman–Crippen LogP) is 5.99. The Bertz CT molecular complexity index is 947. The van der Waals surface area contributed by atoms with Crippen molar-refractivity contribution in [1.82, 2.24) is 0 Å². The molecule has 1 N–H and O–H groups in total. The number of fused-ring (bicyclic) bond motifs is 1. The molecule has 4 rings (SSSR count). The number of alkyl halides is 1. The van der Waals surface area contributed by atoms with E-state index >= 15 is 0 Å². The Morgan fingerprint density at radius 1 is 1.14 bits per heavy atom. The molecular formula is C24H22BrFO3. The van der Waals surface area contributed by atoms with Gasteiger partial charge in [0.1, 0.15) is 17.7 Å². The van der Waals surface area contributed by atoms with Gasteiger partial charge >= 0.3 is 5.97 Å². The molecule has 3 unspecified atom stereocenters. The standard InChI is InChI=1S/C24H22BrFO3/c25-18-6-11-21-17(13-18)5-12-23(21)29-20-9-3-16(4-10-20)22(14-24(27)28)15-1-7-19(26)8-2-15/h1-4,7-11,13,18,22-23H,5-6,12,14H2,(H,27,28). The van der Waals surface area contributed by atoms with Gasteiger partial charge in [-0.1, -0.05) is 52.3 Å². The molecule has 0 amide bonds. The lowest BCUT2D eigenvalue weighted by Gasteiger charge is -2.20. The summed E-state index contributed by atoms with van der Waals surface area (Å²) in [6.07, 6.45) is 7.53. The van der Waals surface area contributed by atoms with Crippen molar-refractivity contribution in [3.63, 3.8) is 0 Å². The molecule has 0 bridgehead atoms. The molecule has 0 aliphatic heterocycles. The fourth-order valence-corrected chi connectivity index (χ4v) is 4.63. The van der Waals surface area contributed by atoms with Crippen molar-refractivity contribution < 1.29 is 19.0 Å². The lowest BCUT2D eigenvalue weighted by molar-refractivity contribution is -0.137. The van der Waals surface area contributed by atoms with Gasteiger partial charge in [-0.05, 0) is 65.8 Å². The van der Waals surface area contributed by atoms with E-state index in [1.165, 1.54) is 23.3 Å². The zero-order valence-electron chi connectivity index (χ0n) is 15.9. The molecule has 0 aromatic heterocycles. The highest BCUT2D eigenvalue weighted by molar-refractivity contribution is 9.09. The summed E-state index contributed by atoms with van der Waals surface area (Å²) in [7, 11) is 0. The molecule has 0 heterocycles. The second-order valence-electron chi connectivity index (χ2n) is 7.52. The number of carboxylic acid groups (broad SMARTS) is 1. The van der Waals surface area contributed by atoms with Gasteiger partial charge in [-0.3, -0.25) is 4.79 Å². The lowest BCUT2D eigenvalue weighted by Crippen LogP contribution is -2.16. The van der Waals surface area contributed by atoms with Crippen LogP contribution in [-0.4, -0.2) is 22.0 Å². The van der Waals surface area contributed by atoms with Crippen LogP contribution in [0.4, 0.5) is 4.39 Å².